The Labute approximate surface area is 101 Å². The average Bonchev–Trinajstić information content (AvgIpc) is 2.77. The van der Waals surface area contributed by atoms with Crippen LogP contribution in [-0.4, -0.2) is 15.0 Å². The highest BCUT2D eigenvalue weighted by Crippen LogP contribution is 2.18. The first-order chi connectivity index (χ1) is 8.02. The van der Waals surface area contributed by atoms with Crippen molar-refractivity contribution in [2.75, 3.05) is 0 Å². The molecule has 0 unspecified atom stereocenters. The quantitative estimate of drug-likeness (QED) is 0.877. The van der Waals surface area contributed by atoms with Gasteiger partial charge in [0.2, 0.25) is 0 Å². The van der Waals surface area contributed by atoms with Crippen LogP contribution in [0.15, 0.2) is 30.5 Å². The normalized spacial score (nSPS) is 11.8. The summed E-state index contributed by atoms with van der Waals surface area (Å²) < 4.78 is 1.79. The average molecular weight is 230 g/mol. The molecule has 1 aromatic carbocycles. The third-order valence-corrected chi connectivity index (χ3v) is 2.77. The second-order valence-corrected chi connectivity index (χ2v) is 4.75. The van der Waals surface area contributed by atoms with Gasteiger partial charge in [-0.15, -0.1) is 5.10 Å². The van der Waals surface area contributed by atoms with Gasteiger partial charge in [-0.1, -0.05) is 30.3 Å². The summed E-state index contributed by atoms with van der Waals surface area (Å²) in [6.45, 7) is 5.98. The fourth-order valence-corrected chi connectivity index (χ4v) is 1.71. The largest absolute Gasteiger partial charge is 0.320 e. The Morgan fingerprint density at radius 3 is 2.59 bits per heavy atom. The molecule has 4 nitrogen and oxygen atoms in total. The number of para-hydroxylation sites is 1. The van der Waals surface area contributed by atoms with E-state index < -0.39 is 5.54 Å². The van der Waals surface area contributed by atoms with Gasteiger partial charge in [-0.2, -0.15) is 0 Å². The van der Waals surface area contributed by atoms with Gasteiger partial charge < -0.3 is 5.73 Å². The highest BCUT2D eigenvalue weighted by molar-refractivity contribution is 5.40. The van der Waals surface area contributed by atoms with Crippen LogP contribution >= 0.6 is 0 Å². The van der Waals surface area contributed by atoms with E-state index in [-0.39, 0.29) is 0 Å². The van der Waals surface area contributed by atoms with E-state index in [1.807, 2.05) is 38.2 Å². The number of nitrogens with two attached hydrogens (primary N) is 1. The summed E-state index contributed by atoms with van der Waals surface area (Å²) in [7, 11) is 0. The Morgan fingerprint density at radius 2 is 2.00 bits per heavy atom. The van der Waals surface area contributed by atoms with Gasteiger partial charge in [0.1, 0.15) is 5.69 Å². The van der Waals surface area contributed by atoms with Gasteiger partial charge in [-0.05, 0) is 31.9 Å². The molecule has 0 saturated heterocycles. The zero-order chi connectivity index (χ0) is 12.5. The molecule has 0 aliphatic heterocycles. The van der Waals surface area contributed by atoms with Crippen LogP contribution in [0.2, 0.25) is 0 Å². The lowest BCUT2D eigenvalue weighted by Crippen LogP contribution is -2.29. The molecule has 2 N–H and O–H groups in total. The van der Waals surface area contributed by atoms with E-state index in [4.69, 9.17) is 5.73 Å². The van der Waals surface area contributed by atoms with Gasteiger partial charge in [-0.3, -0.25) is 0 Å². The molecule has 0 amide bonds. The van der Waals surface area contributed by atoms with Gasteiger partial charge in [-0.25, -0.2) is 4.68 Å². The van der Waals surface area contributed by atoms with Gasteiger partial charge >= 0.3 is 0 Å². The van der Waals surface area contributed by atoms with Gasteiger partial charge in [0.25, 0.3) is 0 Å². The minimum atomic E-state index is -0.459. The van der Waals surface area contributed by atoms with Crippen molar-refractivity contribution in [2.45, 2.75) is 32.7 Å². The predicted octanol–water partition coefficient (Wildman–Crippen LogP) is 2.02. The molecule has 2 rings (SSSR count). The molecule has 4 heteroatoms. The maximum atomic E-state index is 6.00. The van der Waals surface area contributed by atoms with Crippen molar-refractivity contribution < 1.29 is 0 Å². The van der Waals surface area contributed by atoms with Gasteiger partial charge in [0.15, 0.2) is 0 Å². The van der Waals surface area contributed by atoms with Crippen molar-refractivity contribution in [1.82, 2.24) is 15.0 Å². The van der Waals surface area contributed by atoms with Crippen molar-refractivity contribution in [3.63, 3.8) is 0 Å². The minimum absolute atomic E-state index is 0.459. The van der Waals surface area contributed by atoms with E-state index in [1.165, 1.54) is 5.56 Å². The van der Waals surface area contributed by atoms with Crippen molar-refractivity contribution in [3.05, 3.63) is 41.7 Å². The molecule has 0 atom stereocenters. The third kappa shape index (κ3) is 2.36. The highest BCUT2D eigenvalue weighted by Gasteiger charge is 2.19. The summed E-state index contributed by atoms with van der Waals surface area (Å²) in [5.41, 5.74) is 8.66. The Morgan fingerprint density at radius 1 is 1.29 bits per heavy atom. The van der Waals surface area contributed by atoms with E-state index in [1.54, 1.807) is 4.68 Å². The summed E-state index contributed by atoms with van der Waals surface area (Å²) in [5, 5.41) is 8.28. The number of benzene rings is 1. The summed E-state index contributed by atoms with van der Waals surface area (Å²) in [6, 6.07) is 8.18. The van der Waals surface area contributed by atoms with Crippen LogP contribution in [0, 0.1) is 0 Å². The lowest BCUT2D eigenvalue weighted by atomic mass is 10.0. The first-order valence-electron chi connectivity index (χ1n) is 5.82. The van der Waals surface area contributed by atoms with Crippen LogP contribution in [0.1, 0.15) is 32.0 Å². The lowest BCUT2D eigenvalue weighted by molar-refractivity contribution is 0.533. The number of hydrogen-bond acceptors (Lipinski definition) is 3. The highest BCUT2D eigenvalue weighted by atomic mass is 15.4. The third-order valence-electron chi connectivity index (χ3n) is 2.77. The monoisotopic (exact) mass is 230 g/mol. The van der Waals surface area contributed by atoms with E-state index in [0.29, 0.717) is 0 Å². The van der Waals surface area contributed by atoms with E-state index in [9.17, 15) is 0 Å². The van der Waals surface area contributed by atoms with Gasteiger partial charge in [0, 0.05) is 0 Å². The Kier molecular flexibility index (Phi) is 2.98. The number of rotatable bonds is 3. The van der Waals surface area contributed by atoms with E-state index in [0.717, 1.165) is 17.8 Å². The van der Waals surface area contributed by atoms with Crippen LogP contribution in [-0.2, 0) is 12.0 Å². The fourth-order valence-electron chi connectivity index (χ4n) is 1.71. The molecule has 90 valence electrons. The molecule has 0 fully saturated rings. The molecule has 1 aromatic heterocycles. The van der Waals surface area contributed by atoms with Crippen molar-refractivity contribution in [3.8, 4) is 5.69 Å². The first kappa shape index (κ1) is 11.8. The summed E-state index contributed by atoms with van der Waals surface area (Å²) in [5.74, 6) is 0. The topological polar surface area (TPSA) is 56.7 Å². The summed E-state index contributed by atoms with van der Waals surface area (Å²) in [6.07, 6.45) is 2.87. The number of nitrogens with zero attached hydrogens (tertiary/aromatic N) is 3. The predicted molar refractivity (Wildman–Crippen MR) is 68.0 cm³/mol. The molecular weight excluding hydrogens is 212 g/mol. The maximum Gasteiger partial charge on any atom is 0.102 e. The van der Waals surface area contributed by atoms with Gasteiger partial charge in [0.05, 0.1) is 17.4 Å². The first-order valence-corrected chi connectivity index (χ1v) is 5.82. The number of aromatic nitrogens is 3. The molecule has 0 saturated carbocycles. The molecule has 2 aromatic rings. The molecule has 0 aliphatic carbocycles. The van der Waals surface area contributed by atoms with Crippen LogP contribution in [0.3, 0.4) is 0 Å². The second-order valence-electron chi connectivity index (χ2n) is 4.75. The fraction of sp³-hybridized carbons (Fsp3) is 0.385. The van der Waals surface area contributed by atoms with Crippen molar-refractivity contribution in [1.29, 1.82) is 0 Å². The number of hydrogen-bond donors (Lipinski definition) is 1. The molecule has 0 aliphatic rings. The summed E-state index contributed by atoms with van der Waals surface area (Å²) >= 11 is 0. The molecular formula is C13H18N4. The Hall–Kier alpha value is -1.68. The summed E-state index contributed by atoms with van der Waals surface area (Å²) in [4.78, 5) is 0. The smallest absolute Gasteiger partial charge is 0.102 e. The molecule has 0 spiro atoms. The standard InChI is InChI=1S/C13H18N4/c1-4-10-7-5-6-8-11(10)17-9-12(15-16-17)13(2,3)14/h5-9H,4,14H2,1-3H3. The van der Waals surface area contributed by atoms with Crippen LogP contribution in [0.5, 0.6) is 0 Å². The molecule has 1 heterocycles. The Balaban J connectivity index is 2.44. The maximum absolute atomic E-state index is 6.00. The Bertz CT molecular complexity index is 508. The number of aryl methyl sites for hydroxylation is 1. The van der Waals surface area contributed by atoms with Crippen LogP contribution in [0.25, 0.3) is 5.69 Å². The SMILES string of the molecule is CCc1ccccc1-n1cc(C(C)(C)N)nn1. The van der Waals surface area contributed by atoms with Crippen LogP contribution < -0.4 is 5.73 Å². The van der Waals surface area contributed by atoms with Crippen molar-refractivity contribution in [2.24, 2.45) is 5.73 Å². The minimum Gasteiger partial charge on any atom is -0.320 e. The zero-order valence-corrected chi connectivity index (χ0v) is 10.5. The zero-order valence-electron chi connectivity index (χ0n) is 10.5. The van der Waals surface area contributed by atoms with E-state index in [2.05, 4.69) is 23.3 Å². The van der Waals surface area contributed by atoms with Crippen molar-refractivity contribution >= 4 is 0 Å². The molecule has 17 heavy (non-hydrogen) atoms. The van der Waals surface area contributed by atoms with E-state index >= 15 is 0 Å². The second kappa shape index (κ2) is 4.30. The lowest BCUT2D eigenvalue weighted by Gasteiger charge is -2.13. The molecule has 0 bridgehead atoms. The van der Waals surface area contributed by atoms with Crippen LogP contribution in [0.4, 0.5) is 0 Å². The molecule has 0 radical (unpaired) electrons.